The molecule has 0 amide bonds. The van der Waals surface area contributed by atoms with Crippen LogP contribution < -0.4 is 10.0 Å². The first-order valence-electron chi connectivity index (χ1n) is 9.66. The van der Waals surface area contributed by atoms with E-state index in [4.69, 9.17) is 0 Å². The lowest BCUT2D eigenvalue weighted by Crippen LogP contribution is -2.26. The van der Waals surface area contributed by atoms with Crippen LogP contribution in [0.2, 0.25) is 0 Å². The summed E-state index contributed by atoms with van der Waals surface area (Å²) in [5.74, 6) is 0. The zero-order valence-corrected chi connectivity index (χ0v) is 18.5. The number of benzene rings is 3. The Balaban J connectivity index is 1.37. The van der Waals surface area contributed by atoms with Crippen molar-refractivity contribution in [1.82, 2.24) is 10.0 Å². The van der Waals surface area contributed by atoms with Crippen molar-refractivity contribution in [2.45, 2.75) is 17.7 Å². The number of hydrogen-bond donors (Lipinski definition) is 2. The number of halogens is 1. The molecule has 0 spiro atoms. The summed E-state index contributed by atoms with van der Waals surface area (Å²) in [6.07, 6.45) is 5.86. The average molecular weight is 473 g/mol. The van der Waals surface area contributed by atoms with Crippen LogP contribution in [0, 0.1) is 0 Å². The lowest BCUT2D eigenvalue weighted by atomic mass is 10.1. The highest BCUT2D eigenvalue weighted by atomic mass is 79.9. The normalized spacial score (nSPS) is 12.0. The Morgan fingerprint density at radius 1 is 0.862 bits per heavy atom. The van der Waals surface area contributed by atoms with Gasteiger partial charge < -0.3 is 5.32 Å². The Kier molecular flexibility index (Phi) is 8.00. The van der Waals surface area contributed by atoms with Crippen molar-refractivity contribution in [2.24, 2.45) is 0 Å². The van der Waals surface area contributed by atoms with Gasteiger partial charge in [0.25, 0.3) is 0 Å². The average Bonchev–Trinajstić information content (AvgIpc) is 2.73. The Labute approximate surface area is 181 Å². The third-order valence-electron chi connectivity index (χ3n) is 4.55. The van der Waals surface area contributed by atoms with Gasteiger partial charge in [-0.15, -0.1) is 0 Å². The number of unbranched alkanes of at least 4 members (excludes halogenated alkanes) is 1. The van der Waals surface area contributed by atoms with E-state index in [1.54, 1.807) is 12.1 Å². The molecule has 0 unspecified atom stereocenters. The summed E-state index contributed by atoms with van der Waals surface area (Å²) in [5.41, 5.74) is 1.16. The van der Waals surface area contributed by atoms with E-state index in [1.165, 1.54) is 0 Å². The van der Waals surface area contributed by atoms with Crippen LogP contribution in [-0.2, 0) is 10.0 Å². The van der Waals surface area contributed by atoms with Gasteiger partial charge in [0.1, 0.15) is 0 Å². The van der Waals surface area contributed by atoms with Crippen molar-refractivity contribution >= 4 is 42.8 Å². The standard InChI is InChI=1S/C23H25BrN2O2S/c24-21-14-12-19(13-15-21)7-6-17-25-16-3-4-18-26-29(27,28)23-11-5-9-20-8-1-2-10-22(20)23/h1-2,5-15,25-26H,3-4,16-18H2/b7-6+. The second-order valence-electron chi connectivity index (χ2n) is 6.74. The highest BCUT2D eigenvalue weighted by Gasteiger charge is 2.16. The van der Waals surface area contributed by atoms with Crippen molar-refractivity contribution in [2.75, 3.05) is 19.6 Å². The van der Waals surface area contributed by atoms with Crippen molar-refractivity contribution in [3.05, 3.63) is 82.8 Å². The van der Waals surface area contributed by atoms with Gasteiger partial charge in [-0.2, -0.15) is 0 Å². The number of rotatable bonds is 10. The fourth-order valence-corrected chi connectivity index (χ4v) is 4.61. The van der Waals surface area contributed by atoms with Crippen molar-refractivity contribution in [3.8, 4) is 0 Å². The fourth-order valence-electron chi connectivity index (χ4n) is 3.04. The second-order valence-corrected chi connectivity index (χ2v) is 9.39. The summed E-state index contributed by atoms with van der Waals surface area (Å²) in [7, 11) is -3.51. The maximum Gasteiger partial charge on any atom is 0.241 e. The monoisotopic (exact) mass is 472 g/mol. The van der Waals surface area contributed by atoms with Crippen LogP contribution in [0.1, 0.15) is 18.4 Å². The lowest BCUT2D eigenvalue weighted by molar-refractivity contribution is 0.574. The molecule has 6 heteroatoms. The minimum atomic E-state index is -3.51. The topological polar surface area (TPSA) is 58.2 Å². The Morgan fingerprint density at radius 2 is 1.59 bits per heavy atom. The molecule has 0 aliphatic heterocycles. The van der Waals surface area contributed by atoms with Gasteiger partial charge in [-0.05, 0) is 48.5 Å². The van der Waals surface area contributed by atoms with Crippen LogP contribution in [0.4, 0.5) is 0 Å². The smallest absolute Gasteiger partial charge is 0.241 e. The van der Waals surface area contributed by atoms with Gasteiger partial charge in [0, 0.05) is 22.9 Å². The first kappa shape index (κ1) is 21.7. The number of nitrogens with one attached hydrogen (secondary N) is 2. The minimum absolute atomic E-state index is 0.340. The van der Waals surface area contributed by atoms with E-state index in [9.17, 15) is 8.42 Å². The van der Waals surface area contributed by atoms with Gasteiger partial charge in [-0.1, -0.05) is 76.6 Å². The number of sulfonamides is 1. The maximum atomic E-state index is 12.6. The molecule has 0 heterocycles. The van der Waals surface area contributed by atoms with Crippen LogP contribution in [0.3, 0.4) is 0 Å². The molecule has 0 bridgehead atoms. The summed E-state index contributed by atoms with van der Waals surface area (Å²) in [6, 6.07) is 21.0. The molecule has 0 saturated carbocycles. The van der Waals surface area contributed by atoms with E-state index in [-0.39, 0.29) is 0 Å². The fraction of sp³-hybridized carbons (Fsp3) is 0.217. The van der Waals surface area contributed by atoms with Gasteiger partial charge >= 0.3 is 0 Å². The van der Waals surface area contributed by atoms with Gasteiger partial charge in [-0.3, -0.25) is 0 Å². The molecule has 0 aromatic heterocycles. The highest BCUT2D eigenvalue weighted by Crippen LogP contribution is 2.22. The molecule has 0 saturated heterocycles. The first-order valence-corrected chi connectivity index (χ1v) is 11.9. The predicted octanol–water partition coefficient (Wildman–Crippen LogP) is 4.96. The van der Waals surface area contributed by atoms with Crippen LogP contribution in [-0.4, -0.2) is 28.1 Å². The van der Waals surface area contributed by atoms with Gasteiger partial charge in [-0.25, -0.2) is 13.1 Å². The molecule has 3 aromatic carbocycles. The molecule has 152 valence electrons. The lowest BCUT2D eigenvalue weighted by Gasteiger charge is -2.09. The molecule has 3 rings (SSSR count). The van der Waals surface area contributed by atoms with E-state index >= 15 is 0 Å². The molecule has 3 aromatic rings. The molecule has 0 aliphatic carbocycles. The third-order valence-corrected chi connectivity index (χ3v) is 6.60. The summed E-state index contributed by atoms with van der Waals surface area (Å²) >= 11 is 3.43. The van der Waals surface area contributed by atoms with Crippen molar-refractivity contribution < 1.29 is 8.42 Å². The van der Waals surface area contributed by atoms with E-state index in [0.29, 0.717) is 11.4 Å². The molecule has 0 fully saturated rings. The highest BCUT2D eigenvalue weighted by molar-refractivity contribution is 9.10. The molecule has 2 N–H and O–H groups in total. The molecule has 0 radical (unpaired) electrons. The Hall–Kier alpha value is -1.99. The molecular weight excluding hydrogens is 448 g/mol. The maximum absolute atomic E-state index is 12.6. The number of fused-ring (bicyclic) bond motifs is 1. The van der Waals surface area contributed by atoms with Crippen LogP contribution in [0.15, 0.2) is 82.2 Å². The third kappa shape index (κ3) is 6.51. The van der Waals surface area contributed by atoms with E-state index in [2.05, 4.69) is 50.3 Å². The minimum Gasteiger partial charge on any atom is -0.313 e. The van der Waals surface area contributed by atoms with Crippen LogP contribution in [0.25, 0.3) is 16.8 Å². The quantitative estimate of drug-likeness (QED) is 0.409. The second kappa shape index (κ2) is 10.7. The van der Waals surface area contributed by atoms with Crippen molar-refractivity contribution in [1.29, 1.82) is 0 Å². The van der Waals surface area contributed by atoms with Crippen LogP contribution in [0.5, 0.6) is 0 Å². The van der Waals surface area contributed by atoms with E-state index in [0.717, 1.165) is 46.7 Å². The largest absolute Gasteiger partial charge is 0.313 e. The molecule has 0 atom stereocenters. The van der Waals surface area contributed by atoms with Crippen LogP contribution >= 0.6 is 15.9 Å². The van der Waals surface area contributed by atoms with Gasteiger partial charge in [0.2, 0.25) is 10.0 Å². The summed E-state index contributed by atoms with van der Waals surface area (Å²) in [4.78, 5) is 0.340. The van der Waals surface area contributed by atoms with Gasteiger partial charge in [0.15, 0.2) is 0 Å². The Bertz CT molecular complexity index is 1060. The summed E-state index contributed by atoms with van der Waals surface area (Å²) in [6.45, 7) is 2.07. The molecule has 0 aliphatic rings. The molecular formula is C23H25BrN2O2S. The number of hydrogen-bond acceptors (Lipinski definition) is 3. The predicted molar refractivity (Wildman–Crippen MR) is 124 cm³/mol. The SMILES string of the molecule is O=S(=O)(NCCCCNC/C=C/c1ccc(Br)cc1)c1cccc2ccccc12. The van der Waals surface area contributed by atoms with E-state index in [1.807, 2.05) is 42.5 Å². The van der Waals surface area contributed by atoms with E-state index < -0.39 is 10.0 Å². The summed E-state index contributed by atoms with van der Waals surface area (Å²) < 4.78 is 29.1. The Morgan fingerprint density at radius 3 is 2.41 bits per heavy atom. The zero-order valence-electron chi connectivity index (χ0n) is 16.1. The molecule has 29 heavy (non-hydrogen) atoms. The zero-order chi connectivity index (χ0) is 20.5. The van der Waals surface area contributed by atoms with Gasteiger partial charge in [0.05, 0.1) is 4.90 Å². The molecule has 4 nitrogen and oxygen atoms in total. The first-order chi connectivity index (χ1) is 14.1. The van der Waals surface area contributed by atoms with Crippen molar-refractivity contribution in [3.63, 3.8) is 0 Å². The summed E-state index contributed by atoms with van der Waals surface area (Å²) in [5, 5.41) is 5.03.